The van der Waals surface area contributed by atoms with Crippen LogP contribution in [0, 0.1) is 5.82 Å². The minimum absolute atomic E-state index is 0.0153. The lowest BCUT2D eigenvalue weighted by molar-refractivity contribution is 0.0938. The van der Waals surface area contributed by atoms with Crippen LogP contribution in [0.4, 0.5) is 4.39 Å². The zero-order valence-electron chi connectivity index (χ0n) is 10.9. The van der Waals surface area contributed by atoms with Crippen molar-refractivity contribution in [1.82, 2.24) is 20.5 Å². The fourth-order valence-electron chi connectivity index (χ4n) is 1.64. The van der Waals surface area contributed by atoms with Gasteiger partial charge in [-0.15, -0.1) is 0 Å². The smallest absolute Gasteiger partial charge is 0.340 e. The number of aromatic nitrogens is 3. The highest BCUT2D eigenvalue weighted by molar-refractivity contribution is 5.94. The Kier molecular flexibility index (Phi) is 3.83. The van der Waals surface area contributed by atoms with Crippen LogP contribution >= 0.6 is 0 Å². The molecule has 0 aliphatic carbocycles. The van der Waals surface area contributed by atoms with E-state index in [1.165, 1.54) is 19.2 Å². The number of benzene rings is 1. The van der Waals surface area contributed by atoms with Gasteiger partial charge in [0.15, 0.2) is 17.4 Å². The summed E-state index contributed by atoms with van der Waals surface area (Å²) >= 11 is 0. The Bertz CT molecular complexity index is 679. The summed E-state index contributed by atoms with van der Waals surface area (Å²) < 4.78 is 18.1. The third-order valence-corrected chi connectivity index (χ3v) is 2.69. The number of amides is 1. The lowest BCUT2D eigenvalue weighted by atomic mass is 10.2. The second-order valence-electron chi connectivity index (χ2n) is 4.11. The normalized spacial score (nSPS) is 11.9. The SMILES string of the molecule is COc1cc(C(=O)NC(C)c2n[nH]c(=O)[nH]2)ccc1F. The van der Waals surface area contributed by atoms with Crippen LogP contribution in [0.5, 0.6) is 5.75 Å². The zero-order valence-corrected chi connectivity index (χ0v) is 10.9. The van der Waals surface area contributed by atoms with Gasteiger partial charge in [-0.2, -0.15) is 5.10 Å². The van der Waals surface area contributed by atoms with Crippen LogP contribution in [-0.4, -0.2) is 28.2 Å². The first kappa shape index (κ1) is 13.8. The van der Waals surface area contributed by atoms with Crippen LogP contribution in [0.1, 0.15) is 29.1 Å². The molecule has 2 aromatic rings. The van der Waals surface area contributed by atoms with Gasteiger partial charge in [-0.3, -0.25) is 9.78 Å². The molecule has 7 nitrogen and oxygen atoms in total. The molecular weight excluding hydrogens is 267 g/mol. The Morgan fingerprint density at radius 1 is 1.50 bits per heavy atom. The number of aromatic amines is 2. The van der Waals surface area contributed by atoms with E-state index in [0.717, 1.165) is 6.07 Å². The summed E-state index contributed by atoms with van der Waals surface area (Å²) in [5, 5.41) is 8.55. The Hall–Kier alpha value is -2.64. The molecule has 0 spiro atoms. The minimum Gasteiger partial charge on any atom is -0.494 e. The first-order valence-corrected chi connectivity index (χ1v) is 5.80. The van der Waals surface area contributed by atoms with Crippen LogP contribution in [0.15, 0.2) is 23.0 Å². The van der Waals surface area contributed by atoms with E-state index >= 15 is 0 Å². The minimum atomic E-state index is -0.547. The molecule has 1 aromatic carbocycles. The van der Waals surface area contributed by atoms with Gasteiger partial charge in [-0.25, -0.2) is 14.3 Å². The van der Waals surface area contributed by atoms with Crippen LogP contribution in [0.3, 0.4) is 0 Å². The molecule has 1 unspecified atom stereocenters. The molecule has 8 heteroatoms. The summed E-state index contributed by atoms with van der Waals surface area (Å²) in [5.74, 6) is -0.690. The molecule has 0 bridgehead atoms. The number of H-pyrrole nitrogens is 2. The van der Waals surface area contributed by atoms with E-state index in [1.54, 1.807) is 6.92 Å². The molecule has 20 heavy (non-hydrogen) atoms. The molecule has 0 saturated heterocycles. The molecule has 0 fully saturated rings. The Labute approximate surface area is 113 Å². The standard InChI is InChI=1S/C12H13FN4O3/c1-6(10-15-12(19)17-16-10)14-11(18)7-3-4-8(13)9(5-7)20-2/h3-6H,1-2H3,(H,14,18)(H2,15,16,17,19). The van der Waals surface area contributed by atoms with E-state index in [0.29, 0.717) is 5.82 Å². The lowest BCUT2D eigenvalue weighted by Gasteiger charge is -2.11. The Morgan fingerprint density at radius 3 is 2.85 bits per heavy atom. The van der Waals surface area contributed by atoms with Gasteiger partial charge < -0.3 is 10.1 Å². The molecule has 1 amide bonds. The summed E-state index contributed by atoms with van der Waals surface area (Å²) in [5.41, 5.74) is -0.211. The summed E-state index contributed by atoms with van der Waals surface area (Å²) in [6.07, 6.45) is 0. The molecule has 2 rings (SSSR count). The van der Waals surface area contributed by atoms with Crippen molar-refractivity contribution >= 4 is 5.91 Å². The Balaban J connectivity index is 2.14. The van der Waals surface area contributed by atoms with Gasteiger partial charge in [0.2, 0.25) is 0 Å². The molecule has 0 aliphatic rings. The fourth-order valence-corrected chi connectivity index (χ4v) is 1.64. The van der Waals surface area contributed by atoms with E-state index in [2.05, 4.69) is 20.5 Å². The average molecular weight is 280 g/mol. The van der Waals surface area contributed by atoms with E-state index in [4.69, 9.17) is 4.74 Å². The molecule has 0 saturated carbocycles. The number of halogens is 1. The summed E-state index contributed by atoms with van der Waals surface area (Å²) in [6.45, 7) is 1.66. The van der Waals surface area contributed by atoms with Crippen molar-refractivity contribution < 1.29 is 13.9 Å². The predicted molar refractivity (Wildman–Crippen MR) is 68.0 cm³/mol. The van der Waals surface area contributed by atoms with Gasteiger partial charge in [0.05, 0.1) is 13.2 Å². The molecule has 1 aromatic heterocycles. The van der Waals surface area contributed by atoms with Crippen LogP contribution in [0.25, 0.3) is 0 Å². The van der Waals surface area contributed by atoms with Crippen molar-refractivity contribution in [3.05, 3.63) is 45.9 Å². The number of rotatable bonds is 4. The highest BCUT2D eigenvalue weighted by atomic mass is 19.1. The highest BCUT2D eigenvalue weighted by Crippen LogP contribution is 2.18. The number of nitrogens with zero attached hydrogens (tertiary/aromatic N) is 1. The van der Waals surface area contributed by atoms with Gasteiger partial charge in [0.25, 0.3) is 5.91 Å². The van der Waals surface area contributed by atoms with Crippen LogP contribution in [-0.2, 0) is 0 Å². The molecule has 0 aliphatic heterocycles. The van der Waals surface area contributed by atoms with Gasteiger partial charge in [-0.05, 0) is 25.1 Å². The zero-order chi connectivity index (χ0) is 14.7. The van der Waals surface area contributed by atoms with E-state index in [1.807, 2.05) is 0 Å². The number of carbonyl (C=O) groups excluding carboxylic acids is 1. The van der Waals surface area contributed by atoms with Crippen LogP contribution < -0.4 is 15.7 Å². The number of hydrogen-bond acceptors (Lipinski definition) is 4. The van der Waals surface area contributed by atoms with Crippen LogP contribution in [0.2, 0.25) is 0 Å². The van der Waals surface area contributed by atoms with Crippen molar-refractivity contribution in [2.45, 2.75) is 13.0 Å². The molecule has 1 atom stereocenters. The first-order chi connectivity index (χ1) is 9.51. The topological polar surface area (TPSA) is 99.9 Å². The van der Waals surface area contributed by atoms with Crippen molar-refractivity contribution in [2.75, 3.05) is 7.11 Å². The molecule has 3 N–H and O–H groups in total. The Morgan fingerprint density at radius 2 is 2.25 bits per heavy atom. The number of carbonyl (C=O) groups is 1. The molecular formula is C12H13FN4O3. The third-order valence-electron chi connectivity index (χ3n) is 2.69. The van der Waals surface area contributed by atoms with Gasteiger partial charge in [-0.1, -0.05) is 0 Å². The lowest BCUT2D eigenvalue weighted by Crippen LogP contribution is -2.27. The maximum absolute atomic E-state index is 13.3. The fraction of sp³-hybridized carbons (Fsp3) is 0.250. The van der Waals surface area contributed by atoms with E-state index < -0.39 is 23.5 Å². The maximum atomic E-state index is 13.3. The summed E-state index contributed by atoms with van der Waals surface area (Å²) in [6, 6.07) is 3.28. The largest absolute Gasteiger partial charge is 0.494 e. The van der Waals surface area contributed by atoms with Crippen molar-refractivity contribution in [2.24, 2.45) is 0 Å². The maximum Gasteiger partial charge on any atom is 0.340 e. The van der Waals surface area contributed by atoms with Gasteiger partial charge in [0.1, 0.15) is 0 Å². The van der Waals surface area contributed by atoms with Gasteiger partial charge in [0, 0.05) is 5.56 Å². The molecule has 106 valence electrons. The number of nitrogens with one attached hydrogen (secondary N) is 3. The van der Waals surface area contributed by atoms with E-state index in [-0.39, 0.29) is 11.3 Å². The average Bonchev–Trinajstić information content (AvgIpc) is 2.86. The predicted octanol–water partition coefficient (Wildman–Crippen LogP) is 0.737. The van der Waals surface area contributed by atoms with Gasteiger partial charge >= 0.3 is 5.69 Å². The molecule has 1 heterocycles. The van der Waals surface area contributed by atoms with Crippen molar-refractivity contribution in [3.63, 3.8) is 0 Å². The highest BCUT2D eigenvalue weighted by Gasteiger charge is 2.15. The number of ether oxygens (including phenoxy) is 1. The number of hydrogen-bond donors (Lipinski definition) is 3. The number of methoxy groups -OCH3 is 1. The first-order valence-electron chi connectivity index (χ1n) is 5.80. The summed E-state index contributed by atoms with van der Waals surface area (Å²) in [4.78, 5) is 25.4. The van der Waals surface area contributed by atoms with Crippen molar-refractivity contribution in [1.29, 1.82) is 0 Å². The van der Waals surface area contributed by atoms with E-state index in [9.17, 15) is 14.0 Å². The monoisotopic (exact) mass is 280 g/mol. The summed E-state index contributed by atoms with van der Waals surface area (Å²) in [7, 11) is 1.32. The second-order valence-corrected chi connectivity index (χ2v) is 4.11. The second kappa shape index (κ2) is 5.55. The quantitative estimate of drug-likeness (QED) is 0.769. The third kappa shape index (κ3) is 2.85. The molecule has 0 radical (unpaired) electrons. The van der Waals surface area contributed by atoms with Crippen molar-refractivity contribution in [3.8, 4) is 5.75 Å².